The highest BCUT2D eigenvalue weighted by Gasteiger charge is 2.15. The summed E-state index contributed by atoms with van der Waals surface area (Å²) in [5.41, 5.74) is 2.76. The molecule has 0 radical (unpaired) electrons. The van der Waals surface area contributed by atoms with Gasteiger partial charge in [0.25, 0.3) is 0 Å². The van der Waals surface area contributed by atoms with Crippen LogP contribution in [0.15, 0.2) is 32.5 Å². The molecule has 0 unspecified atom stereocenters. The number of allylic oxidation sites excluding steroid dienone is 1. The Morgan fingerprint density at radius 3 is 3.00 bits per heavy atom. The number of hydrogen-bond acceptors (Lipinski definition) is 3. The number of fused-ring (bicyclic) bond motifs is 1. The van der Waals surface area contributed by atoms with Crippen LogP contribution in [0.3, 0.4) is 0 Å². The van der Waals surface area contributed by atoms with E-state index in [2.05, 4.69) is 25.9 Å². The number of hydrogen-bond donors (Lipinski definition) is 2. The molecule has 20 heavy (non-hydrogen) atoms. The lowest BCUT2D eigenvalue weighted by atomic mass is 10.1. The molecule has 3 rings (SSSR count). The van der Waals surface area contributed by atoms with Gasteiger partial charge in [0, 0.05) is 28.4 Å². The maximum absolute atomic E-state index is 11.6. The molecule has 1 aliphatic rings. The number of aliphatic imine (C=N–C) groups is 1. The zero-order valence-electron chi connectivity index (χ0n) is 10.7. The van der Waals surface area contributed by atoms with Crippen LogP contribution in [-0.2, 0) is 6.54 Å². The number of nitrogens with zero attached hydrogens (tertiary/aromatic N) is 2. The van der Waals surface area contributed by atoms with E-state index in [0.29, 0.717) is 12.2 Å². The van der Waals surface area contributed by atoms with Crippen LogP contribution in [0, 0.1) is 0 Å². The van der Waals surface area contributed by atoms with Crippen molar-refractivity contribution in [1.29, 1.82) is 0 Å². The fourth-order valence-corrected chi connectivity index (χ4v) is 2.57. The van der Waals surface area contributed by atoms with Crippen molar-refractivity contribution in [2.24, 2.45) is 4.99 Å². The van der Waals surface area contributed by atoms with E-state index < -0.39 is 0 Å². The first-order valence-electron chi connectivity index (χ1n) is 6.17. The highest BCUT2D eigenvalue weighted by atomic mass is 79.9. The largest absolute Gasteiger partial charge is 0.493 e. The molecule has 0 spiro atoms. The van der Waals surface area contributed by atoms with Gasteiger partial charge in [-0.15, -0.1) is 0 Å². The Kier molecular flexibility index (Phi) is 3.10. The Bertz CT molecular complexity index is 799. The van der Waals surface area contributed by atoms with E-state index in [9.17, 15) is 9.90 Å². The van der Waals surface area contributed by atoms with Crippen molar-refractivity contribution in [3.63, 3.8) is 0 Å². The molecular weight excluding hydrogens is 322 g/mol. The van der Waals surface area contributed by atoms with Crippen LogP contribution >= 0.6 is 15.9 Å². The Morgan fingerprint density at radius 1 is 1.50 bits per heavy atom. The molecule has 2 heterocycles. The maximum Gasteiger partial charge on any atom is 0.328 e. The second-order valence-corrected chi connectivity index (χ2v) is 5.35. The first kappa shape index (κ1) is 12.9. The molecule has 1 aromatic heterocycles. The molecule has 0 saturated carbocycles. The van der Waals surface area contributed by atoms with Gasteiger partial charge in [0.15, 0.2) is 0 Å². The van der Waals surface area contributed by atoms with Gasteiger partial charge >= 0.3 is 5.69 Å². The van der Waals surface area contributed by atoms with Crippen LogP contribution in [0.4, 0.5) is 5.69 Å². The predicted molar refractivity (Wildman–Crippen MR) is 82.6 cm³/mol. The van der Waals surface area contributed by atoms with Crippen LogP contribution in [0.2, 0.25) is 0 Å². The monoisotopic (exact) mass is 333 g/mol. The minimum Gasteiger partial charge on any atom is -0.493 e. The third-order valence-corrected chi connectivity index (χ3v) is 3.70. The third kappa shape index (κ3) is 2.02. The lowest BCUT2D eigenvalue weighted by Crippen LogP contribution is -2.14. The lowest BCUT2D eigenvalue weighted by Gasteiger charge is -2.01. The van der Waals surface area contributed by atoms with Crippen molar-refractivity contribution in [2.75, 3.05) is 0 Å². The summed E-state index contributed by atoms with van der Waals surface area (Å²) in [6.45, 7) is 2.22. The summed E-state index contributed by atoms with van der Waals surface area (Å²) in [6, 6.07) is 5.79. The van der Waals surface area contributed by atoms with E-state index >= 15 is 0 Å². The maximum atomic E-state index is 11.6. The number of aromatic amines is 1. The van der Waals surface area contributed by atoms with Crippen molar-refractivity contribution in [2.45, 2.75) is 13.5 Å². The second kappa shape index (κ2) is 4.79. The van der Waals surface area contributed by atoms with Gasteiger partial charge in [-0.25, -0.2) is 4.79 Å². The van der Waals surface area contributed by atoms with Crippen LogP contribution in [-0.4, -0.2) is 20.9 Å². The van der Waals surface area contributed by atoms with Gasteiger partial charge in [-0.2, -0.15) is 0 Å². The minimum atomic E-state index is -0.318. The van der Waals surface area contributed by atoms with Gasteiger partial charge in [-0.05, 0) is 31.2 Å². The van der Waals surface area contributed by atoms with E-state index in [1.54, 1.807) is 19.2 Å². The highest BCUT2D eigenvalue weighted by Crippen LogP contribution is 2.35. The molecule has 5 nitrogen and oxygen atoms in total. The van der Waals surface area contributed by atoms with Crippen LogP contribution in [0.25, 0.3) is 11.6 Å². The molecule has 1 aliphatic heterocycles. The third-order valence-electron chi connectivity index (χ3n) is 3.21. The molecule has 0 fully saturated rings. The molecule has 2 aromatic rings. The van der Waals surface area contributed by atoms with E-state index in [1.807, 2.05) is 18.2 Å². The molecule has 2 N–H and O–H groups in total. The number of aromatic hydroxyl groups is 1. The minimum absolute atomic E-state index is 0.0538. The Labute approximate surface area is 123 Å². The number of halogens is 1. The molecule has 102 valence electrons. The number of H-pyrrole nitrogens is 1. The number of nitrogens with one attached hydrogen (secondary N) is 1. The Hall–Kier alpha value is -2.08. The average Bonchev–Trinajstić information content (AvgIpc) is 2.92. The first-order chi connectivity index (χ1) is 9.60. The molecule has 0 amide bonds. The summed E-state index contributed by atoms with van der Waals surface area (Å²) in [5.74, 6) is -0.0538. The summed E-state index contributed by atoms with van der Waals surface area (Å²) >= 11 is 3.43. The van der Waals surface area contributed by atoms with Gasteiger partial charge < -0.3 is 10.1 Å². The van der Waals surface area contributed by atoms with Crippen LogP contribution in [0.1, 0.15) is 18.2 Å². The molecule has 0 atom stereocenters. The van der Waals surface area contributed by atoms with Crippen molar-refractivity contribution in [3.8, 4) is 5.88 Å². The van der Waals surface area contributed by atoms with E-state index in [0.717, 1.165) is 21.3 Å². The van der Waals surface area contributed by atoms with Crippen LogP contribution < -0.4 is 5.69 Å². The zero-order valence-corrected chi connectivity index (χ0v) is 12.3. The molecule has 0 bridgehead atoms. The van der Waals surface area contributed by atoms with Gasteiger partial charge in [0.05, 0.1) is 5.69 Å². The molecule has 1 aromatic carbocycles. The fourth-order valence-electron chi connectivity index (χ4n) is 2.21. The van der Waals surface area contributed by atoms with E-state index in [4.69, 9.17) is 0 Å². The number of aromatic nitrogens is 2. The quantitative estimate of drug-likeness (QED) is 0.886. The Balaban J connectivity index is 2.11. The smallest absolute Gasteiger partial charge is 0.328 e. The van der Waals surface area contributed by atoms with Crippen molar-refractivity contribution in [3.05, 3.63) is 44.4 Å². The van der Waals surface area contributed by atoms with Gasteiger partial charge in [-0.1, -0.05) is 15.9 Å². The van der Waals surface area contributed by atoms with E-state index in [-0.39, 0.29) is 11.6 Å². The highest BCUT2D eigenvalue weighted by molar-refractivity contribution is 9.10. The number of imidazole rings is 1. The average molecular weight is 334 g/mol. The number of rotatable bonds is 2. The Morgan fingerprint density at radius 2 is 2.30 bits per heavy atom. The zero-order chi connectivity index (χ0) is 14.3. The van der Waals surface area contributed by atoms with Gasteiger partial charge in [0.1, 0.15) is 5.69 Å². The van der Waals surface area contributed by atoms with Crippen molar-refractivity contribution >= 4 is 39.5 Å². The van der Waals surface area contributed by atoms with Gasteiger partial charge in [-0.3, -0.25) is 9.56 Å². The second-order valence-electron chi connectivity index (χ2n) is 4.43. The standard InChI is InChI=1S/C14H12BrN3O2/c1-2-18-13(19)12(17-14(18)20)5-8-7-16-11-4-3-9(15)6-10(8)11/h3-7,19H,2H2,1H3,(H,17,20). The van der Waals surface area contributed by atoms with Crippen molar-refractivity contribution < 1.29 is 5.11 Å². The van der Waals surface area contributed by atoms with Gasteiger partial charge in [0.2, 0.25) is 5.88 Å². The summed E-state index contributed by atoms with van der Waals surface area (Å²) in [4.78, 5) is 18.6. The summed E-state index contributed by atoms with van der Waals surface area (Å²) in [7, 11) is 0. The topological polar surface area (TPSA) is 70.4 Å². The molecule has 0 saturated heterocycles. The molecule has 6 heteroatoms. The molecule has 0 aliphatic carbocycles. The molecular formula is C14H12BrN3O2. The van der Waals surface area contributed by atoms with Crippen LogP contribution in [0.5, 0.6) is 5.88 Å². The summed E-state index contributed by atoms with van der Waals surface area (Å²) in [5, 5.41) is 10.0. The summed E-state index contributed by atoms with van der Waals surface area (Å²) < 4.78 is 2.23. The van der Waals surface area contributed by atoms with Crippen molar-refractivity contribution in [1.82, 2.24) is 9.55 Å². The summed E-state index contributed by atoms with van der Waals surface area (Å²) in [6.07, 6.45) is 3.45. The SMILES string of the molecule is CCn1c(O)c(C=C2C=Nc3ccc(Br)cc32)[nH]c1=O. The number of benzene rings is 1. The van der Waals surface area contributed by atoms with E-state index in [1.165, 1.54) is 4.57 Å². The fraction of sp³-hybridized carbons (Fsp3) is 0.143. The lowest BCUT2D eigenvalue weighted by molar-refractivity contribution is 0.417. The predicted octanol–water partition coefficient (Wildman–Crippen LogP) is 2.92. The first-order valence-corrected chi connectivity index (χ1v) is 6.97. The normalized spacial score (nSPS) is 15.0.